The van der Waals surface area contributed by atoms with Gasteiger partial charge in [-0.3, -0.25) is 9.20 Å². The van der Waals surface area contributed by atoms with Gasteiger partial charge in [0.2, 0.25) is 0 Å². The van der Waals surface area contributed by atoms with Crippen molar-refractivity contribution < 1.29 is 18.0 Å². The van der Waals surface area contributed by atoms with Gasteiger partial charge in [0, 0.05) is 29.9 Å². The number of hydrogen-bond donors (Lipinski definition) is 2. The van der Waals surface area contributed by atoms with Crippen molar-refractivity contribution in [3.8, 4) is 11.3 Å². The fraction of sp³-hybridized carbons (Fsp3) is 0.375. The molecule has 33 heavy (non-hydrogen) atoms. The fourth-order valence-corrected chi connectivity index (χ4v) is 3.55. The molecule has 1 aliphatic carbocycles. The predicted octanol–water partition coefficient (Wildman–Crippen LogP) is 5.38. The van der Waals surface area contributed by atoms with Gasteiger partial charge in [-0.2, -0.15) is 13.2 Å². The van der Waals surface area contributed by atoms with Crippen LogP contribution >= 0.6 is 0 Å². The smallest absolute Gasteiger partial charge is 0.367 e. The van der Waals surface area contributed by atoms with Crippen LogP contribution in [0.15, 0.2) is 36.7 Å². The van der Waals surface area contributed by atoms with E-state index >= 15 is 0 Å². The molecule has 6 nitrogen and oxygen atoms in total. The number of nitrogens with one attached hydrogen (secondary N) is 2. The minimum atomic E-state index is -4.26. The first-order chi connectivity index (χ1) is 15.7. The van der Waals surface area contributed by atoms with E-state index in [0.717, 1.165) is 35.2 Å². The minimum absolute atomic E-state index is 0.0777. The second-order valence-corrected chi connectivity index (χ2v) is 8.35. The Hall–Kier alpha value is -3.36. The van der Waals surface area contributed by atoms with E-state index in [1.807, 2.05) is 49.6 Å². The van der Waals surface area contributed by atoms with Crippen molar-refractivity contribution in [2.75, 3.05) is 11.9 Å². The molecule has 4 rings (SSSR count). The van der Waals surface area contributed by atoms with E-state index < -0.39 is 12.6 Å². The first-order valence-corrected chi connectivity index (χ1v) is 10.9. The molecule has 2 heterocycles. The summed E-state index contributed by atoms with van der Waals surface area (Å²) >= 11 is 0. The molecule has 1 saturated carbocycles. The van der Waals surface area contributed by atoms with Gasteiger partial charge in [0.1, 0.15) is 0 Å². The van der Waals surface area contributed by atoms with E-state index in [9.17, 15) is 18.0 Å². The Morgan fingerprint density at radius 1 is 1.30 bits per heavy atom. The molecule has 0 saturated heterocycles. The number of hydrogen-bond acceptors (Lipinski definition) is 4. The number of fused-ring (bicyclic) bond motifs is 1. The topological polar surface area (TPSA) is 71.3 Å². The summed E-state index contributed by atoms with van der Waals surface area (Å²) in [6, 6.07) is 5.85. The maximum atomic E-state index is 12.6. The van der Waals surface area contributed by atoms with Crippen LogP contribution in [0.3, 0.4) is 0 Å². The molecule has 1 aromatic carbocycles. The van der Waals surface area contributed by atoms with Gasteiger partial charge >= 0.3 is 6.18 Å². The number of carbonyl (C=O) groups excluding carboxylic acids is 1. The van der Waals surface area contributed by atoms with E-state index in [1.165, 1.54) is 0 Å². The van der Waals surface area contributed by atoms with Gasteiger partial charge in [-0.15, -0.1) is 0 Å². The molecule has 0 unspecified atom stereocenters. The monoisotopic (exact) mass is 457 g/mol. The summed E-state index contributed by atoms with van der Waals surface area (Å²) in [5, 5.41) is 5.79. The van der Waals surface area contributed by atoms with E-state index in [-0.39, 0.29) is 18.5 Å². The number of amides is 1. The van der Waals surface area contributed by atoms with Crippen molar-refractivity contribution in [1.29, 1.82) is 0 Å². The quantitative estimate of drug-likeness (QED) is 0.499. The Labute approximate surface area is 189 Å². The number of alkyl halides is 3. The number of carbonyl (C=O) groups is 1. The summed E-state index contributed by atoms with van der Waals surface area (Å²) in [5.41, 5.74) is 5.03. The molecular formula is C24H26F3N5O. The van der Waals surface area contributed by atoms with Crippen molar-refractivity contribution in [3.63, 3.8) is 0 Å². The number of halogens is 3. The molecule has 0 spiro atoms. The SMILES string of the molecule is CC=C(C)c1cn2c(-c3ccc(C(=O)NC4CC4)c(C)c3)cnc2c(NCCC(F)(F)F)n1. The van der Waals surface area contributed by atoms with Crippen LogP contribution in [-0.4, -0.2) is 39.0 Å². The molecule has 1 fully saturated rings. The summed E-state index contributed by atoms with van der Waals surface area (Å²) in [7, 11) is 0. The first kappa shape index (κ1) is 22.8. The lowest BCUT2D eigenvalue weighted by atomic mass is 10.0. The van der Waals surface area contributed by atoms with Gasteiger partial charge in [0.15, 0.2) is 11.5 Å². The van der Waals surface area contributed by atoms with Crippen molar-refractivity contribution in [2.45, 2.75) is 52.3 Å². The van der Waals surface area contributed by atoms with Crippen LogP contribution in [0.25, 0.3) is 22.5 Å². The molecule has 2 aromatic heterocycles. The number of benzene rings is 1. The van der Waals surface area contributed by atoms with Crippen molar-refractivity contribution in [3.05, 3.63) is 53.5 Å². The summed E-state index contributed by atoms with van der Waals surface area (Å²) in [6.07, 6.45) is 2.20. The van der Waals surface area contributed by atoms with Gasteiger partial charge in [-0.1, -0.05) is 12.1 Å². The average molecular weight is 458 g/mol. The highest BCUT2D eigenvalue weighted by molar-refractivity contribution is 5.96. The largest absolute Gasteiger partial charge is 0.390 e. The maximum Gasteiger partial charge on any atom is 0.390 e. The zero-order valence-corrected chi connectivity index (χ0v) is 18.8. The summed E-state index contributed by atoms with van der Waals surface area (Å²) in [4.78, 5) is 21.4. The lowest BCUT2D eigenvalue weighted by molar-refractivity contribution is -0.131. The Morgan fingerprint density at radius 3 is 2.70 bits per heavy atom. The summed E-state index contributed by atoms with van der Waals surface area (Å²) in [5.74, 6) is 0.215. The Kier molecular flexibility index (Phi) is 6.14. The number of rotatable bonds is 7. The van der Waals surface area contributed by atoms with Crippen LogP contribution in [0.2, 0.25) is 0 Å². The molecule has 1 aliphatic rings. The number of aromatic nitrogens is 3. The molecule has 9 heteroatoms. The van der Waals surface area contributed by atoms with Gasteiger partial charge in [0.05, 0.1) is 24.0 Å². The predicted molar refractivity (Wildman–Crippen MR) is 122 cm³/mol. The zero-order valence-electron chi connectivity index (χ0n) is 18.8. The molecule has 3 aromatic rings. The highest BCUT2D eigenvalue weighted by Gasteiger charge is 2.27. The Balaban J connectivity index is 1.71. The van der Waals surface area contributed by atoms with Gasteiger partial charge in [-0.25, -0.2) is 9.97 Å². The molecule has 2 N–H and O–H groups in total. The van der Waals surface area contributed by atoms with Crippen LogP contribution in [-0.2, 0) is 0 Å². The highest BCUT2D eigenvalue weighted by Crippen LogP contribution is 2.28. The second kappa shape index (κ2) is 8.88. The van der Waals surface area contributed by atoms with Gasteiger partial charge in [0.25, 0.3) is 5.91 Å². The molecule has 174 valence electrons. The standard InChI is InChI=1S/C24H26F3N5O/c1-4-14(2)19-13-32-20(12-29-22(32)21(31-19)28-10-9-24(25,26)27)16-5-8-18(15(3)11-16)23(33)30-17-6-7-17/h4-5,8,11-13,17H,6-7,9-10H2,1-3H3,(H,28,31)(H,30,33). The molecular weight excluding hydrogens is 431 g/mol. The normalized spacial score (nSPS) is 14.5. The van der Waals surface area contributed by atoms with E-state index in [2.05, 4.69) is 20.6 Å². The van der Waals surface area contributed by atoms with Crippen LogP contribution in [0.1, 0.15) is 54.7 Å². The Bertz CT molecular complexity index is 1220. The molecule has 0 bridgehead atoms. The fourth-order valence-electron chi connectivity index (χ4n) is 3.55. The average Bonchev–Trinajstić information content (AvgIpc) is 3.46. The third-order valence-corrected chi connectivity index (χ3v) is 5.71. The van der Waals surface area contributed by atoms with Crippen molar-refractivity contribution >= 4 is 22.9 Å². The van der Waals surface area contributed by atoms with E-state index in [4.69, 9.17) is 0 Å². The van der Waals surface area contributed by atoms with E-state index in [0.29, 0.717) is 22.7 Å². The summed E-state index contributed by atoms with van der Waals surface area (Å²) < 4.78 is 39.7. The lowest BCUT2D eigenvalue weighted by Crippen LogP contribution is -2.26. The highest BCUT2D eigenvalue weighted by atomic mass is 19.4. The second-order valence-electron chi connectivity index (χ2n) is 8.35. The van der Waals surface area contributed by atoms with Crippen LogP contribution in [0.4, 0.5) is 19.0 Å². The number of allylic oxidation sites excluding steroid dienone is 2. The molecule has 0 atom stereocenters. The summed E-state index contributed by atoms with van der Waals surface area (Å²) in [6.45, 7) is 5.36. The van der Waals surface area contributed by atoms with Crippen LogP contribution in [0, 0.1) is 6.92 Å². The van der Waals surface area contributed by atoms with Gasteiger partial charge < -0.3 is 10.6 Å². The number of imidazole rings is 1. The Morgan fingerprint density at radius 2 is 2.06 bits per heavy atom. The minimum Gasteiger partial charge on any atom is -0.367 e. The number of anilines is 1. The molecule has 0 radical (unpaired) electrons. The third-order valence-electron chi connectivity index (χ3n) is 5.71. The van der Waals surface area contributed by atoms with E-state index in [1.54, 1.807) is 12.3 Å². The number of nitrogens with zero attached hydrogens (tertiary/aromatic N) is 3. The van der Waals surface area contributed by atoms with Crippen LogP contribution in [0.5, 0.6) is 0 Å². The van der Waals surface area contributed by atoms with Gasteiger partial charge in [-0.05, 0) is 56.9 Å². The maximum absolute atomic E-state index is 12.6. The van der Waals surface area contributed by atoms with Crippen LogP contribution < -0.4 is 10.6 Å². The number of aryl methyl sites for hydroxylation is 1. The van der Waals surface area contributed by atoms with Crippen molar-refractivity contribution in [2.24, 2.45) is 0 Å². The molecule has 0 aliphatic heterocycles. The zero-order chi connectivity index (χ0) is 23.8. The first-order valence-electron chi connectivity index (χ1n) is 10.9. The third kappa shape index (κ3) is 5.18. The van der Waals surface area contributed by atoms with Crippen molar-refractivity contribution in [1.82, 2.24) is 19.7 Å². The lowest BCUT2D eigenvalue weighted by Gasteiger charge is -2.13. The molecule has 1 amide bonds.